The summed E-state index contributed by atoms with van der Waals surface area (Å²) in [7, 11) is 1.55. The first kappa shape index (κ1) is 17.6. The number of amides is 2. The monoisotopic (exact) mass is 393 g/mol. The molecule has 0 radical (unpaired) electrons. The van der Waals surface area contributed by atoms with E-state index in [0.717, 1.165) is 0 Å². The van der Waals surface area contributed by atoms with Crippen molar-refractivity contribution in [3.63, 3.8) is 0 Å². The Hall–Kier alpha value is -2.74. The predicted molar refractivity (Wildman–Crippen MR) is 91.5 cm³/mol. The van der Waals surface area contributed by atoms with Crippen LogP contribution >= 0.6 is 15.9 Å². The van der Waals surface area contributed by atoms with Gasteiger partial charge in [-0.2, -0.15) is 5.10 Å². The molecule has 24 heavy (non-hydrogen) atoms. The van der Waals surface area contributed by atoms with Crippen molar-refractivity contribution in [1.29, 1.82) is 0 Å². The fourth-order valence-electron chi connectivity index (χ4n) is 1.68. The van der Waals surface area contributed by atoms with E-state index in [9.17, 15) is 14.0 Å². The van der Waals surface area contributed by atoms with Gasteiger partial charge in [-0.05, 0) is 48.0 Å². The Morgan fingerprint density at radius 1 is 1.17 bits per heavy atom. The first-order valence-electron chi connectivity index (χ1n) is 6.73. The summed E-state index contributed by atoms with van der Waals surface area (Å²) in [5.41, 5.74) is 2.67. The zero-order chi connectivity index (χ0) is 17.5. The molecule has 2 aromatic carbocycles. The summed E-state index contributed by atoms with van der Waals surface area (Å²) in [6.45, 7) is 0. The lowest BCUT2D eigenvalue weighted by Crippen LogP contribution is -2.32. The number of carbonyl (C=O) groups is 2. The summed E-state index contributed by atoms with van der Waals surface area (Å²) in [6.07, 6.45) is 1.37. The lowest BCUT2D eigenvalue weighted by Gasteiger charge is -2.05. The number of nitrogens with one attached hydrogen (secondary N) is 2. The first-order valence-corrected chi connectivity index (χ1v) is 7.52. The molecular weight excluding hydrogens is 381 g/mol. The van der Waals surface area contributed by atoms with Gasteiger partial charge in [-0.1, -0.05) is 15.9 Å². The second-order valence-corrected chi connectivity index (χ2v) is 5.47. The number of benzene rings is 2. The van der Waals surface area contributed by atoms with Crippen molar-refractivity contribution in [2.24, 2.45) is 5.10 Å². The molecule has 0 saturated heterocycles. The Labute approximate surface area is 145 Å². The minimum Gasteiger partial charge on any atom is -0.497 e. The van der Waals surface area contributed by atoms with Crippen LogP contribution in [0.5, 0.6) is 5.75 Å². The molecule has 0 atom stereocenters. The van der Waals surface area contributed by atoms with Crippen molar-refractivity contribution in [2.75, 3.05) is 12.4 Å². The largest absolute Gasteiger partial charge is 0.497 e. The lowest BCUT2D eigenvalue weighted by molar-refractivity contribution is -0.136. The van der Waals surface area contributed by atoms with Crippen molar-refractivity contribution in [1.82, 2.24) is 5.43 Å². The Kier molecular flexibility index (Phi) is 6.02. The third-order valence-electron chi connectivity index (χ3n) is 2.88. The second kappa shape index (κ2) is 8.21. The summed E-state index contributed by atoms with van der Waals surface area (Å²) < 4.78 is 19.1. The quantitative estimate of drug-likeness (QED) is 0.476. The van der Waals surface area contributed by atoms with E-state index in [4.69, 9.17) is 4.74 Å². The molecule has 6 nitrogen and oxygen atoms in total. The summed E-state index contributed by atoms with van der Waals surface area (Å²) in [5.74, 6) is -2.01. The van der Waals surface area contributed by atoms with Crippen LogP contribution < -0.4 is 15.5 Å². The van der Waals surface area contributed by atoms with E-state index in [-0.39, 0.29) is 5.69 Å². The maximum absolute atomic E-state index is 13.6. The highest BCUT2D eigenvalue weighted by atomic mass is 79.9. The summed E-state index contributed by atoms with van der Waals surface area (Å²) in [6, 6.07) is 11.0. The Morgan fingerprint density at radius 3 is 2.50 bits per heavy atom. The zero-order valence-electron chi connectivity index (χ0n) is 12.5. The highest BCUT2D eigenvalue weighted by Crippen LogP contribution is 2.19. The summed E-state index contributed by atoms with van der Waals surface area (Å²) in [5, 5.41) is 5.83. The lowest BCUT2D eigenvalue weighted by atomic mass is 10.2. The molecule has 124 valence electrons. The minimum atomic E-state index is -1.02. The van der Waals surface area contributed by atoms with Crippen LogP contribution in [-0.4, -0.2) is 25.1 Å². The number of nitrogens with zero attached hydrogens (tertiary/aromatic N) is 1. The molecule has 0 unspecified atom stereocenters. The number of anilines is 1. The Balaban J connectivity index is 1.91. The molecule has 0 aliphatic carbocycles. The van der Waals surface area contributed by atoms with E-state index >= 15 is 0 Å². The van der Waals surface area contributed by atoms with Crippen LogP contribution in [0, 0.1) is 5.82 Å². The van der Waals surface area contributed by atoms with E-state index in [1.807, 2.05) is 0 Å². The van der Waals surface area contributed by atoms with E-state index in [0.29, 0.717) is 15.8 Å². The van der Waals surface area contributed by atoms with E-state index in [2.05, 4.69) is 31.8 Å². The van der Waals surface area contributed by atoms with Gasteiger partial charge in [0.15, 0.2) is 0 Å². The van der Waals surface area contributed by atoms with Crippen LogP contribution in [0.1, 0.15) is 5.56 Å². The molecule has 2 N–H and O–H groups in total. The molecule has 0 aromatic heterocycles. The molecule has 0 aliphatic heterocycles. The maximum atomic E-state index is 13.6. The van der Waals surface area contributed by atoms with Crippen LogP contribution in [0.2, 0.25) is 0 Å². The third-order valence-corrected chi connectivity index (χ3v) is 3.37. The smallest absolute Gasteiger partial charge is 0.329 e. The number of carbonyl (C=O) groups excluding carboxylic acids is 2. The molecule has 0 bridgehead atoms. The normalized spacial score (nSPS) is 10.5. The van der Waals surface area contributed by atoms with Crippen LogP contribution in [0.3, 0.4) is 0 Å². The third kappa shape index (κ3) is 4.88. The molecule has 2 rings (SSSR count). The number of hydrogen-bond acceptors (Lipinski definition) is 4. The van der Waals surface area contributed by atoms with Crippen molar-refractivity contribution < 1.29 is 18.7 Å². The standard InChI is InChI=1S/C16H13BrFN3O3/c1-24-12-5-2-10(3-6-12)9-19-21-16(23)15(22)20-14-7-4-11(17)8-13(14)18/h2-9H,1H3,(H,20,22)(H,21,23)/b19-9+. The van der Waals surface area contributed by atoms with Gasteiger partial charge in [-0.15, -0.1) is 0 Å². The predicted octanol–water partition coefficient (Wildman–Crippen LogP) is 2.69. The number of rotatable bonds is 4. The number of halogens is 2. The molecule has 2 aromatic rings. The van der Waals surface area contributed by atoms with Crippen molar-refractivity contribution in [3.05, 3.63) is 58.3 Å². The van der Waals surface area contributed by atoms with Gasteiger partial charge in [0.2, 0.25) is 0 Å². The van der Waals surface area contributed by atoms with Gasteiger partial charge in [0, 0.05) is 4.47 Å². The van der Waals surface area contributed by atoms with E-state index in [1.165, 1.54) is 18.3 Å². The molecule has 0 fully saturated rings. The molecular formula is C16H13BrFN3O3. The van der Waals surface area contributed by atoms with Gasteiger partial charge in [0.05, 0.1) is 19.0 Å². The van der Waals surface area contributed by atoms with Crippen LogP contribution in [0.4, 0.5) is 10.1 Å². The molecule has 2 amide bonds. The number of hydrazone groups is 1. The van der Waals surface area contributed by atoms with Crippen molar-refractivity contribution in [2.45, 2.75) is 0 Å². The van der Waals surface area contributed by atoms with Gasteiger partial charge < -0.3 is 10.1 Å². The van der Waals surface area contributed by atoms with Gasteiger partial charge >= 0.3 is 11.8 Å². The maximum Gasteiger partial charge on any atom is 0.329 e. The van der Waals surface area contributed by atoms with E-state index in [1.54, 1.807) is 37.4 Å². The van der Waals surface area contributed by atoms with Crippen molar-refractivity contribution in [3.8, 4) is 5.75 Å². The topological polar surface area (TPSA) is 79.8 Å². The average molecular weight is 394 g/mol. The van der Waals surface area contributed by atoms with Gasteiger partial charge in [0.25, 0.3) is 0 Å². The molecule has 0 spiro atoms. The van der Waals surface area contributed by atoms with Gasteiger partial charge in [0.1, 0.15) is 11.6 Å². The average Bonchev–Trinajstić information content (AvgIpc) is 2.57. The molecule has 0 heterocycles. The highest BCUT2D eigenvalue weighted by molar-refractivity contribution is 9.10. The SMILES string of the molecule is COc1ccc(/C=N/NC(=O)C(=O)Nc2ccc(Br)cc2F)cc1. The number of hydrogen-bond donors (Lipinski definition) is 2. The van der Waals surface area contributed by atoms with Gasteiger partial charge in [-0.25, -0.2) is 9.82 Å². The van der Waals surface area contributed by atoms with Crippen molar-refractivity contribution >= 4 is 39.6 Å². The minimum absolute atomic E-state index is 0.0996. The molecule has 8 heteroatoms. The van der Waals surface area contributed by atoms with Gasteiger partial charge in [-0.3, -0.25) is 9.59 Å². The fraction of sp³-hybridized carbons (Fsp3) is 0.0625. The number of methoxy groups -OCH3 is 1. The second-order valence-electron chi connectivity index (χ2n) is 4.55. The molecule has 0 aliphatic rings. The summed E-state index contributed by atoms with van der Waals surface area (Å²) >= 11 is 3.10. The zero-order valence-corrected chi connectivity index (χ0v) is 14.1. The van der Waals surface area contributed by atoms with Crippen LogP contribution in [0.25, 0.3) is 0 Å². The Bertz CT molecular complexity index is 779. The van der Waals surface area contributed by atoms with E-state index < -0.39 is 17.6 Å². The fourth-order valence-corrected chi connectivity index (χ4v) is 2.01. The highest BCUT2D eigenvalue weighted by Gasteiger charge is 2.15. The summed E-state index contributed by atoms with van der Waals surface area (Å²) in [4.78, 5) is 23.3. The van der Waals surface area contributed by atoms with Crippen LogP contribution in [-0.2, 0) is 9.59 Å². The molecule has 0 saturated carbocycles. The Morgan fingerprint density at radius 2 is 1.88 bits per heavy atom. The first-order chi connectivity index (χ1) is 11.5. The number of ether oxygens (including phenoxy) is 1. The van der Waals surface area contributed by atoms with Crippen LogP contribution in [0.15, 0.2) is 52.0 Å².